The minimum Gasteiger partial charge on any atom is -0.362 e. The summed E-state index contributed by atoms with van der Waals surface area (Å²) in [6.07, 6.45) is 5.85. The zero-order valence-corrected chi connectivity index (χ0v) is 11.9. The van der Waals surface area contributed by atoms with Gasteiger partial charge in [0.2, 0.25) is 0 Å². The predicted octanol–water partition coefficient (Wildman–Crippen LogP) is 4.53. The summed E-state index contributed by atoms with van der Waals surface area (Å²) < 4.78 is 10.8. The van der Waals surface area contributed by atoms with Crippen LogP contribution in [0.5, 0.6) is 0 Å². The van der Waals surface area contributed by atoms with Crippen molar-refractivity contribution >= 4 is 23.2 Å². The molecule has 0 saturated heterocycles. The van der Waals surface area contributed by atoms with Gasteiger partial charge in [-0.1, -0.05) is 49.9 Å². The average Bonchev–Trinajstić information content (AvgIpc) is 2.27. The first-order valence-electron chi connectivity index (χ1n) is 6.22. The van der Waals surface area contributed by atoms with E-state index in [0.717, 1.165) is 51.7 Å². The molecule has 0 radical (unpaired) electrons. The Morgan fingerprint density at radius 3 is 1.50 bits per heavy atom. The Labute approximate surface area is 110 Å². The van der Waals surface area contributed by atoms with Crippen molar-refractivity contribution in [3.63, 3.8) is 0 Å². The zero-order valence-electron chi connectivity index (χ0n) is 10.4. The van der Waals surface area contributed by atoms with Crippen molar-refractivity contribution in [3.8, 4) is 0 Å². The van der Waals surface area contributed by atoms with Crippen LogP contribution >= 0.6 is 23.2 Å². The molecule has 0 aliphatic carbocycles. The lowest BCUT2D eigenvalue weighted by Gasteiger charge is -2.14. The van der Waals surface area contributed by atoms with E-state index in [9.17, 15) is 0 Å². The van der Waals surface area contributed by atoms with Crippen LogP contribution in [0.2, 0.25) is 0 Å². The first kappa shape index (κ1) is 16.5. The van der Waals surface area contributed by atoms with Crippen LogP contribution in [0.25, 0.3) is 0 Å². The van der Waals surface area contributed by atoms with Gasteiger partial charge < -0.3 is 9.47 Å². The van der Waals surface area contributed by atoms with Gasteiger partial charge in [0, 0.05) is 13.2 Å². The fourth-order valence-electron chi connectivity index (χ4n) is 1.14. The standard InChI is InChI=1S/C12H24Cl2O2/c1-3-5-9-15-11(13)7-8-12(14)16-10-6-4-2/h11-12H,3-10H2,1-2H3. The Bertz CT molecular complexity index is 129. The molecule has 0 aromatic heterocycles. The Balaban J connectivity index is 3.32. The summed E-state index contributed by atoms with van der Waals surface area (Å²) in [6, 6.07) is 0. The maximum absolute atomic E-state index is 5.99. The number of unbranched alkanes of at least 4 members (excludes halogenated alkanes) is 2. The van der Waals surface area contributed by atoms with E-state index in [2.05, 4.69) is 13.8 Å². The second-order valence-electron chi connectivity index (χ2n) is 3.85. The number of hydrogen-bond donors (Lipinski definition) is 0. The summed E-state index contributed by atoms with van der Waals surface area (Å²) in [6.45, 7) is 5.72. The van der Waals surface area contributed by atoms with Gasteiger partial charge in [-0.05, 0) is 25.7 Å². The summed E-state index contributed by atoms with van der Waals surface area (Å²) in [5.41, 5.74) is -0.467. The van der Waals surface area contributed by atoms with Gasteiger partial charge >= 0.3 is 0 Å². The SMILES string of the molecule is CCCCOC(Cl)CCC(Cl)OCCCC. The zero-order chi connectivity index (χ0) is 12.2. The van der Waals surface area contributed by atoms with Crippen LogP contribution in [0, 0.1) is 0 Å². The lowest BCUT2D eigenvalue weighted by molar-refractivity contribution is 0.0679. The summed E-state index contributed by atoms with van der Waals surface area (Å²) in [5.74, 6) is 0. The van der Waals surface area contributed by atoms with Gasteiger partial charge in [0.25, 0.3) is 0 Å². The third-order valence-electron chi connectivity index (χ3n) is 2.21. The fraction of sp³-hybridized carbons (Fsp3) is 1.00. The van der Waals surface area contributed by atoms with E-state index in [1.54, 1.807) is 0 Å². The third kappa shape index (κ3) is 11.0. The molecule has 0 amide bonds. The molecule has 16 heavy (non-hydrogen) atoms. The Morgan fingerprint density at radius 2 is 1.19 bits per heavy atom. The van der Waals surface area contributed by atoms with Gasteiger partial charge in [0.05, 0.1) is 0 Å². The highest BCUT2D eigenvalue weighted by molar-refractivity contribution is 6.20. The number of alkyl halides is 2. The van der Waals surface area contributed by atoms with Crippen molar-refractivity contribution < 1.29 is 9.47 Å². The minimum absolute atomic E-state index is 0.234. The first-order valence-corrected chi connectivity index (χ1v) is 7.09. The highest BCUT2D eigenvalue weighted by Gasteiger charge is 2.09. The molecule has 0 N–H and O–H groups in total. The smallest absolute Gasteiger partial charge is 0.131 e. The monoisotopic (exact) mass is 270 g/mol. The summed E-state index contributed by atoms with van der Waals surface area (Å²) in [5, 5.41) is 0. The van der Waals surface area contributed by atoms with Crippen LogP contribution < -0.4 is 0 Å². The van der Waals surface area contributed by atoms with Crippen molar-refractivity contribution in [1.82, 2.24) is 0 Å². The molecule has 2 atom stereocenters. The molecular formula is C12H24Cl2O2. The fourth-order valence-corrected chi connectivity index (χ4v) is 1.57. The molecule has 0 fully saturated rings. The molecule has 4 heteroatoms. The average molecular weight is 271 g/mol. The first-order chi connectivity index (χ1) is 7.70. The van der Waals surface area contributed by atoms with Crippen molar-refractivity contribution in [2.24, 2.45) is 0 Å². The molecule has 0 bridgehead atoms. The van der Waals surface area contributed by atoms with Crippen LogP contribution in [-0.2, 0) is 9.47 Å². The van der Waals surface area contributed by atoms with Crippen molar-refractivity contribution in [2.45, 2.75) is 63.5 Å². The minimum atomic E-state index is -0.234. The number of halogens is 2. The highest BCUT2D eigenvalue weighted by atomic mass is 35.5. The van der Waals surface area contributed by atoms with Gasteiger partial charge in [-0.25, -0.2) is 0 Å². The van der Waals surface area contributed by atoms with Crippen LogP contribution in [0.1, 0.15) is 52.4 Å². The Hall–Kier alpha value is 0.500. The van der Waals surface area contributed by atoms with Crippen molar-refractivity contribution in [3.05, 3.63) is 0 Å². The van der Waals surface area contributed by atoms with E-state index in [0.29, 0.717) is 0 Å². The van der Waals surface area contributed by atoms with Crippen LogP contribution in [-0.4, -0.2) is 24.3 Å². The van der Waals surface area contributed by atoms with Gasteiger partial charge in [-0.15, -0.1) is 0 Å². The number of hydrogen-bond acceptors (Lipinski definition) is 2. The normalized spacial score (nSPS) is 15.0. The van der Waals surface area contributed by atoms with E-state index in [1.807, 2.05) is 0 Å². The summed E-state index contributed by atoms with van der Waals surface area (Å²) >= 11 is 12.0. The van der Waals surface area contributed by atoms with E-state index in [4.69, 9.17) is 32.7 Å². The second-order valence-corrected chi connectivity index (χ2v) is 4.82. The van der Waals surface area contributed by atoms with Gasteiger partial charge in [0.15, 0.2) is 0 Å². The summed E-state index contributed by atoms with van der Waals surface area (Å²) in [7, 11) is 0. The Kier molecular flexibility index (Phi) is 12.3. The lowest BCUT2D eigenvalue weighted by atomic mass is 10.3. The quantitative estimate of drug-likeness (QED) is 0.406. The third-order valence-corrected chi connectivity index (χ3v) is 2.90. The van der Waals surface area contributed by atoms with Gasteiger partial charge in [0.1, 0.15) is 11.1 Å². The molecule has 0 aliphatic rings. The van der Waals surface area contributed by atoms with E-state index in [1.165, 1.54) is 0 Å². The Morgan fingerprint density at radius 1 is 0.812 bits per heavy atom. The van der Waals surface area contributed by atoms with E-state index < -0.39 is 0 Å². The number of rotatable bonds is 11. The molecule has 2 nitrogen and oxygen atoms in total. The second kappa shape index (κ2) is 12.0. The summed E-state index contributed by atoms with van der Waals surface area (Å²) in [4.78, 5) is 0. The van der Waals surface area contributed by atoms with E-state index in [-0.39, 0.29) is 11.1 Å². The molecule has 0 aromatic rings. The molecule has 0 aromatic carbocycles. The van der Waals surface area contributed by atoms with Crippen LogP contribution in [0.3, 0.4) is 0 Å². The maximum Gasteiger partial charge on any atom is 0.131 e. The van der Waals surface area contributed by atoms with Gasteiger partial charge in [-0.3, -0.25) is 0 Å². The maximum atomic E-state index is 5.99. The van der Waals surface area contributed by atoms with Crippen molar-refractivity contribution in [1.29, 1.82) is 0 Å². The lowest BCUT2D eigenvalue weighted by Crippen LogP contribution is -2.12. The van der Waals surface area contributed by atoms with E-state index >= 15 is 0 Å². The molecular weight excluding hydrogens is 247 g/mol. The molecule has 2 unspecified atom stereocenters. The molecule has 0 rings (SSSR count). The predicted molar refractivity (Wildman–Crippen MR) is 70.2 cm³/mol. The molecule has 98 valence electrons. The van der Waals surface area contributed by atoms with Crippen LogP contribution in [0.15, 0.2) is 0 Å². The highest BCUT2D eigenvalue weighted by Crippen LogP contribution is 2.14. The van der Waals surface area contributed by atoms with Crippen molar-refractivity contribution in [2.75, 3.05) is 13.2 Å². The molecule has 0 saturated carbocycles. The molecule has 0 aliphatic heterocycles. The molecule has 0 spiro atoms. The largest absolute Gasteiger partial charge is 0.362 e. The topological polar surface area (TPSA) is 18.5 Å². The number of ether oxygens (including phenoxy) is 2. The van der Waals surface area contributed by atoms with Crippen LogP contribution in [0.4, 0.5) is 0 Å². The molecule has 0 heterocycles. The van der Waals surface area contributed by atoms with Gasteiger partial charge in [-0.2, -0.15) is 0 Å².